The van der Waals surface area contributed by atoms with E-state index in [4.69, 9.17) is 14.2 Å². The summed E-state index contributed by atoms with van der Waals surface area (Å²) in [6.45, 7) is 2.37. The highest BCUT2D eigenvalue weighted by Crippen LogP contribution is 2.48. The second-order valence-electron chi connectivity index (χ2n) is 8.81. The molecule has 2 aliphatic heterocycles. The van der Waals surface area contributed by atoms with E-state index in [1.54, 1.807) is 7.11 Å². The molecule has 2 saturated heterocycles. The van der Waals surface area contributed by atoms with E-state index in [0.29, 0.717) is 29.7 Å². The first-order valence-electron chi connectivity index (χ1n) is 10.2. The Kier molecular flexibility index (Phi) is 5.40. The highest BCUT2D eigenvalue weighted by Gasteiger charge is 2.52. The minimum Gasteiger partial charge on any atom is -0.390 e. The molecule has 2 aliphatic carbocycles. The Morgan fingerprint density at radius 1 is 0.760 bits per heavy atom. The minimum absolute atomic E-state index is 0.0230. The van der Waals surface area contributed by atoms with Crippen LogP contribution >= 0.6 is 0 Å². The molecule has 1 N–H and O–H groups in total. The van der Waals surface area contributed by atoms with Crippen molar-refractivity contribution in [2.75, 3.05) is 34.4 Å². The number of methoxy groups -OCH3 is 3. The number of fused-ring (bicyclic) bond motifs is 4. The van der Waals surface area contributed by atoms with E-state index >= 15 is 0 Å². The fourth-order valence-electron chi connectivity index (χ4n) is 6.58. The molecule has 0 radical (unpaired) electrons. The van der Waals surface area contributed by atoms with Gasteiger partial charge in [-0.25, -0.2) is 0 Å². The van der Waals surface area contributed by atoms with Crippen LogP contribution in [0.15, 0.2) is 0 Å². The Balaban J connectivity index is 1.51. The van der Waals surface area contributed by atoms with Gasteiger partial charge in [0.2, 0.25) is 0 Å². The van der Waals surface area contributed by atoms with E-state index in [-0.39, 0.29) is 24.4 Å². The molecule has 144 valence electrons. The van der Waals surface area contributed by atoms with Gasteiger partial charge in [0.15, 0.2) is 0 Å². The van der Waals surface area contributed by atoms with E-state index in [0.717, 1.165) is 19.3 Å². The van der Waals surface area contributed by atoms with Crippen LogP contribution in [-0.2, 0) is 14.2 Å². The topological polar surface area (TPSA) is 51.2 Å². The van der Waals surface area contributed by atoms with Crippen LogP contribution in [0.1, 0.15) is 38.5 Å². The molecule has 5 nitrogen and oxygen atoms in total. The van der Waals surface area contributed by atoms with Gasteiger partial charge >= 0.3 is 0 Å². The van der Waals surface area contributed by atoms with Crippen molar-refractivity contribution in [3.63, 3.8) is 0 Å². The van der Waals surface area contributed by atoms with Crippen LogP contribution in [0, 0.1) is 23.7 Å². The van der Waals surface area contributed by atoms with E-state index < -0.39 is 0 Å². The lowest BCUT2D eigenvalue weighted by molar-refractivity contribution is -0.157. The Morgan fingerprint density at radius 2 is 1.44 bits per heavy atom. The Hall–Kier alpha value is -0.200. The summed E-state index contributed by atoms with van der Waals surface area (Å²) < 4.78 is 17.0. The van der Waals surface area contributed by atoms with Gasteiger partial charge in [-0.15, -0.1) is 0 Å². The third kappa shape index (κ3) is 3.16. The van der Waals surface area contributed by atoms with Crippen molar-refractivity contribution in [3.8, 4) is 0 Å². The molecule has 0 aromatic carbocycles. The molecule has 0 bridgehead atoms. The van der Waals surface area contributed by atoms with Crippen molar-refractivity contribution in [1.29, 1.82) is 0 Å². The molecular weight excluding hydrogens is 318 g/mol. The van der Waals surface area contributed by atoms with Crippen molar-refractivity contribution < 1.29 is 19.3 Å². The lowest BCUT2D eigenvalue weighted by atomic mass is 9.62. The van der Waals surface area contributed by atoms with E-state index in [9.17, 15) is 5.11 Å². The summed E-state index contributed by atoms with van der Waals surface area (Å²) in [5.74, 6) is 2.47. The van der Waals surface area contributed by atoms with Crippen LogP contribution in [0.3, 0.4) is 0 Å². The first kappa shape index (κ1) is 18.2. The van der Waals surface area contributed by atoms with Crippen molar-refractivity contribution in [1.82, 2.24) is 4.90 Å². The van der Waals surface area contributed by atoms with Gasteiger partial charge in [0.25, 0.3) is 0 Å². The Labute approximate surface area is 152 Å². The molecule has 9 unspecified atom stereocenters. The Morgan fingerprint density at radius 3 is 2.12 bits per heavy atom. The molecule has 9 atom stereocenters. The Bertz CT molecular complexity index is 461. The summed E-state index contributed by atoms with van der Waals surface area (Å²) in [5.41, 5.74) is 0. The maximum absolute atomic E-state index is 11.0. The number of hydrogen-bond acceptors (Lipinski definition) is 5. The number of hydrogen-bond donors (Lipinski definition) is 1. The fourth-order valence-corrected chi connectivity index (χ4v) is 6.58. The van der Waals surface area contributed by atoms with Crippen molar-refractivity contribution >= 4 is 0 Å². The second kappa shape index (κ2) is 7.43. The zero-order valence-corrected chi connectivity index (χ0v) is 16.0. The molecular formula is C20H35NO4. The quantitative estimate of drug-likeness (QED) is 0.840. The number of ether oxygens (including phenoxy) is 3. The maximum Gasteiger partial charge on any atom is 0.0847 e. The van der Waals surface area contributed by atoms with E-state index in [1.807, 2.05) is 14.2 Å². The third-order valence-corrected chi connectivity index (χ3v) is 7.91. The first-order valence-corrected chi connectivity index (χ1v) is 10.2. The van der Waals surface area contributed by atoms with Gasteiger partial charge in [-0.2, -0.15) is 0 Å². The second-order valence-corrected chi connectivity index (χ2v) is 8.81. The number of rotatable bonds is 3. The van der Waals surface area contributed by atoms with Gasteiger partial charge in [0, 0.05) is 39.8 Å². The highest BCUT2D eigenvalue weighted by atomic mass is 16.5. The summed E-state index contributed by atoms with van der Waals surface area (Å²) >= 11 is 0. The predicted octanol–water partition coefficient (Wildman–Crippen LogP) is 1.92. The smallest absolute Gasteiger partial charge is 0.0847 e. The summed E-state index contributed by atoms with van der Waals surface area (Å²) in [6.07, 6.45) is 7.06. The van der Waals surface area contributed by atoms with Crippen LogP contribution in [-0.4, -0.2) is 74.9 Å². The molecule has 5 heteroatoms. The van der Waals surface area contributed by atoms with E-state index in [1.165, 1.54) is 32.4 Å². The summed E-state index contributed by atoms with van der Waals surface area (Å²) in [7, 11) is 5.38. The largest absolute Gasteiger partial charge is 0.390 e. The number of piperidine rings is 2. The molecule has 0 amide bonds. The van der Waals surface area contributed by atoms with Crippen molar-refractivity contribution in [2.24, 2.45) is 23.7 Å². The standard InChI is InChI=1S/C20H35NO4/c1-23-16-5-4-12-6-7-21-11-14-10-18(25-3)17(24-2)9-13(14)8-15(21)19(12)20(16)22/h12-20,22H,4-11H2,1-3H3. The van der Waals surface area contributed by atoms with Crippen LogP contribution in [0.25, 0.3) is 0 Å². The van der Waals surface area contributed by atoms with Gasteiger partial charge in [-0.05, 0) is 62.8 Å². The third-order valence-electron chi connectivity index (χ3n) is 7.91. The zero-order valence-electron chi connectivity index (χ0n) is 16.0. The normalized spacial score (nSPS) is 50.6. The molecule has 0 aromatic heterocycles. The molecule has 2 heterocycles. The highest BCUT2D eigenvalue weighted by molar-refractivity contribution is 5.04. The van der Waals surface area contributed by atoms with Crippen LogP contribution in [0.2, 0.25) is 0 Å². The fraction of sp³-hybridized carbons (Fsp3) is 1.00. The average molecular weight is 354 g/mol. The molecule has 2 saturated carbocycles. The summed E-state index contributed by atoms with van der Waals surface area (Å²) in [4.78, 5) is 2.68. The lowest BCUT2D eigenvalue weighted by Crippen LogP contribution is -2.62. The molecule has 0 aromatic rings. The number of nitrogens with zero attached hydrogens (tertiary/aromatic N) is 1. The van der Waals surface area contributed by atoms with Crippen LogP contribution in [0.4, 0.5) is 0 Å². The first-order chi connectivity index (χ1) is 12.2. The van der Waals surface area contributed by atoms with E-state index in [2.05, 4.69) is 4.90 Å². The van der Waals surface area contributed by atoms with Crippen LogP contribution < -0.4 is 0 Å². The average Bonchev–Trinajstić information content (AvgIpc) is 2.65. The lowest BCUT2D eigenvalue weighted by Gasteiger charge is -2.57. The minimum atomic E-state index is -0.304. The SMILES string of the molecule is COC1CC2CC3C4C(CCC(OC)C4O)CCN3CC2CC1OC. The van der Waals surface area contributed by atoms with Gasteiger partial charge in [0.1, 0.15) is 0 Å². The molecule has 25 heavy (non-hydrogen) atoms. The monoisotopic (exact) mass is 353 g/mol. The van der Waals surface area contributed by atoms with Crippen LogP contribution in [0.5, 0.6) is 0 Å². The van der Waals surface area contributed by atoms with Crippen molar-refractivity contribution in [3.05, 3.63) is 0 Å². The van der Waals surface area contributed by atoms with Gasteiger partial charge < -0.3 is 19.3 Å². The van der Waals surface area contributed by atoms with Gasteiger partial charge in [0.05, 0.1) is 24.4 Å². The predicted molar refractivity (Wildman–Crippen MR) is 95.4 cm³/mol. The molecule has 4 fully saturated rings. The maximum atomic E-state index is 11.0. The van der Waals surface area contributed by atoms with Gasteiger partial charge in [-0.1, -0.05) is 0 Å². The summed E-state index contributed by atoms with van der Waals surface area (Å²) in [5, 5.41) is 11.0. The number of aliphatic hydroxyl groups is 1. The number of aliphatic hydroxyl groups excluding tert-OH is 1. The zero-order chi connectivity index (χ0) is 17.6. The van der Waals surface area contributed by atoms with Crippen molar-refractivity contribution in [2.45, 2.75) is 69.0 Å². The van der Waals surface area contributed by atoms with Gasteiger partial charge in [-0.3, -0.25) is 4.90 Å². The molecule has 4 rings (SSSR count). The summed E-state index contributed by atoms with van der Waals surface area (Å²) in [6, 6.07) is 0.518. The molecule has 4 aliphatic rings. The molecule has 0 spiro atoms.